The van der Waals surface area contributed by atoms with Gasteiger partial charge in [-0.2, -0.15) is 0 Å². The van der Waals surface area contributed by atoms with E-state index >= 15 is 0 Å². The van der Waals surface area contributed by atoms with Crippen LogP contribution in [0, 0.1) is 23.0 Å². The number of benzene rings is 1. The Labute approximate surface area is 250 Å². The van der Waals surface area contributed by atoms with Gasteiger partial charge in [0.05, 0.1) is 27.9 Å². The number of nitrogens with one attached hydrogen (secondary N) is 1. The molecule has 0 unspecified atom stereocenters. The van der Waals surface area contributed by atoms with Crippen LogP contribution >= 0.6 is 22.9 Å². The summed E-state index contributed by atoms with van der Waals surface area (Å²) in [5.41, 5.74) is -0.484. The Morgan fingerprint density at radius 1 is 1.26 bits per heavy atom. The van der Waals surface area contributed by atoms with Gasteiger partial charge >= 0.3 is 11.9 Å². The highest BCUT2D eigenvalue weighted by atomic mass is 35.5. The predicted octanol–water partition coefficient (Wildman–Crippen LogP) is 4.28. The van der Waals surface area contributed by atoms with E-state index in [-0.39, 0.29) is 49.6 Å². The Morgan fingerprint density at radius 2 is 1.95 bits per heavy atom. The third-order valence-corrected chi connectivity index (χ3v) is 11.5. The smallest absolute Gasteiger partial charge is 0.338 e. The van der Waals surface area contributed by atoms with Crippen molar-refractivity contribution < 1.29 is 36.6 Å². The highest BCUT2D eigenvalue weighted by Gasteiger charge is 2.53. The highest BCUT2D eigenvalue weighted by Crippen LogP contribution is 2.46. The largest absolute Gasteiger partial charge is 0.481 e. The second kappa shape index (κ2) is 11.6. The summed E-state index contributed by atoms with van der Waals surface area (Å²) in [6.45, 7) is 3.52. The molecule has 0 radical (unpaired) electrons. The number of hydrogen-bond donors (Lipinski definition) is 2. The van der Waals surface area contributed by atoms with Gasteiger partial charge in [-0.25, -0.2) is 31.3 Å². The SMILES string of the molecule is CCOC(=O)C1=C(C2CCN(S(=O)(=O)C3CC(C)(C(=O)O)C3)CC2)NC(c2nccs2)=N[C@@H]1c1ccc(F)c(F)c1Cl. The normalized spacial score (nSPS) is 25.4. The van der Waals surface area contributed by atoms with Crippen molar-refractivity contribution in [3.05, 3.63) is 62.2 Å². The molecular formula is C27H29ClF2N4O6S2. The zero-order chi connectivity index (χ0) is 30.4. The van der Waals surface area contributed by atoms with Crippen molar-refractivity contribution >= 4 is 50.7 Å². The van der Waals surface area contributed by atoms with Crippen LogP contribution in [-0.2, 0) is 24.3 Å². The molecule has 1 saturated heterocycles. The molecule has 2 fully saturated rings. The molecule has 226 valence electrons. The van der Waals surface area contributed by atoms with Crippen LogP contribution in [0.5, 0.6) is 0 Å². The first-order valence-electron chi connectivity index (χ1n) is 13.4. The average Bonchev–Trinajstić information content (AvgIpc) is 3.49. The number of allylic oxidation sites excluding steroid dienone is 1. The average molecular weight is 643 g/mol. The van der Waals surface area contributed by atoms with Crippen LogP contribution in [0.15, 0.2) is 40.0 Å². The van der Waals surface area contributed by atoms with E-state index in [4.69, 9.17) is 16.3 Å². The number of carbonyl (C=O) groups is 2. The molecule has 15 heteroatoms. The maximum atomic E-state index is 14.6. The van der Waals surface area contributed by atoms with Crippen LogP contribution in [0.2, 0.25) is 5.02 Å². The molecule has 1 aliphatic carbocycles. The number of thiazole rings is 1. The number of aromatic nitrogens is 1. The minimum Gasteiger partial charge on any atom is -0.481 e. The van der Waals surface area contributed by atoms with Gasteiger partial charge in [0.2, 0.25) is 10.0 Å². The highest BCUT2D eigenvalue weighted by molar-refractivity contribution is 7.89. The van der Waals surface area contributed by atoms with Gasteiger partial charge in [-0.3, -0.25) is 9.79 Å². The van der Waals surface area contributed by atoms with Gasteiger partial charge in [-0.15, -0.1) is 11.3 Å². The van der Waals surface area contributed by atoms with Gasteiger partial charge in [-0.1, -0.05) is 17.7 Å². The molecule has 2 aliphatic heterocycles. The van der Waals surface area contributed by atoms with Gasteiger partial charge in [-0.05, 0) is 45.6 Å². The first-order valence-corrected chi connectivity index (χ1v) is 16.1. The number of nitrogens with zero attached hydrogens (tertiary/aromatic N) is 3. The zero-order valence-electron chi connectivity index (χ0n) is 22.8. The number of halogens is 3. The van der Waals surface area contributed by atoms with Crippen LogP contribution in [-0.4, -0.2) is 65.5 Å². The number of aliphatic carboxylic acids is 1. The number of amidine groups is 1. The monoisotopic (exact) mass is 642 g/mol. The third kappa shape index (κ3) is 5.45. The van der Waals surface area contributed by atoms with E-state index < -0.39 is 55.3 Å². The van der Waals surface area contributed by atoms with Crippen molar-refractivity contribution in [1.29, 1.82) is 0 Å². The number of rotatable bonds is 8. The van der Waals surface area contributed by atoms with Crippen LogP contribution in [0.1, 0.15) is 56.1 Å². The van der Waals surface area contributed by atoms with Crippen molar-refractivity contribution in [1.82, 2.24) is 14.6 Å². The van der Waals surface area contributed by atoms with Crippen LogP contribution in [0.3, 0.4) is 0 Å². The lowest BCUT2D eigenvalue weighted by molar-refractivity contribution is -0.152. The summed E-state index contributed by atoms with van der Waals surface area (Å²) < 4.78 is 61.9. The van der Waals surface area contributed by atoms with E-state index in [1.165, 1.54) is 21.7 Å². The molecular weight excluding hydrogens is 614 g/mol. The number of carboxylic acids is 1. The van der Waals surface area contributed by atoms with Gasteiger partial charge in [0.1, 0.15) is 6.04 Å². The number of ether oxygens (including phenoxy) is 1. The number of piperidine rings is 1. The molecule has 1 atom stereocenters. The summed E-state index contributed by atoms with van der Waals surface area (Å²) >= 11 is 7.52. The Morgan fingerprint density at radius 3 is 2.55 bits per heavy atom. The maximum absolute atomic E-state index is 14.6. The second-order valence-corrected chi connectivity index (χ2v) is 14.3. The fourth-order valence-corrected chi connectivity index (χ4v) is 8.83. The van der Waals surface area contributed by atoms with Gasteiger partial charge in [0.25, 0.3) is 0 Å². The molecule has 5 rings (SSSR count). The molecule has 42 heavy (non-hydrogen) atoms. The number of carboxylic acid groups (broad SMARTS) is 1. The van der Waals surface area contributed by atoms with Crippen molar-refractivity contribution in [2.24, 2.45) is 16.3 Å². The van der Waals surface area contributed by atoms with E-state index in [1.807, 2.05) is 0 Å². The summed E-state index contributed by atoms with van der Waals surface area (Å²) in [6, 6.07) is 1.04. The molecule has 0 bridgehead atoms. The summed E-state index contributed by atoms with van der Waals surface area (Å²) in [6.07, 6.45) is 2.34. The Balaban J connectivity index is 1.48. The molecule has 1 aromatic heterocycles. The summed E-state index contributed by atoms with van der Waals surface area (Å²) in [5.74, 6) is -4.19. The molecule has 3 heterocycles. The fourth-order valence-electron chi connectivity index (χ4n) is 5.69. The number of hydrogen-bond acceptors (Lipinski definition) is 9. The van der Waals surface area contributed by atoms with E-state index in [9.17, 15) is 31.9 Å². The lowest BCUT2D eigenvalue weighted by Gasteiger charge is -2.44. The van der Waals surface area contributed by atoms with E-state index in [0.29, 0.717) is 29.4 Å². The molecule has 1 aromatic carbocycles. The van der Waals surface area contributed by atoms with Crippen molar-refractivity contribution in [3.8, 4) is 0 Å². The van der Waals surface area contributed by atoms with Crippen LogP contribution in [0.25, 0.3) is 0 Å². The maximum Gasteiger partial charge on any atom is 0.338 e. The van der Waals surface area contributed by atoms with Crippen molar-refractivity contribution in [3.63, 3.8) is 0 Å². The quantitative estimate of drug-likeness (QED) is 0.322. The lowest BCUT2D eigenvalue weighted by atomic mass is 9.70. The van der Waals surface area contributed by atoms with Gasteiger partial charge in [0, 0.05) is 41.8 Å². The topological polar surface area (TPSA) is 138 Å². The fraction of sp³-hybridized carbons (Fsp3) is 0.481. The third-order valence-electron chi connectivity index (χ3n) is 8.08. The van der Waals surface area contributed by atoms with E-state index in [2.05, 4.69) is 15.3 Å². The molecule has 2 N–H and O–H groups in total. The zero-order valence-corrected chi connectivity index (χ0v) is 25.2. The Kier molecular flexibility index (Phi) is 8.45. The molecule has 0 spiro atoms. The molecule has 3 aliphatic rings. The minimum absolute atomic E-state index is 0.0459. The Bertz CT molecular complexity index is 1570. The summed E-state index contributed by atoms with van der Waals surface area (Å²) in [5, 5.41) is 13.6. The lowest BCUT2D eigenvalue weighted by Crippen LogP contribution is -2.54. The van der Waals surface area contributed by atoms with E-state index in [0.717, 1.165) is 6.07 Å². The van der Waals surface area contributed by atoms with Crippen molar-refractivity contribution in [2.75, 3.05) is 19.7 Å². The standard InChI is InChI=1S/C27H29ClF2N4O6S2/c1-3-40-25(35)18-21(14-6-9-34(10-7-14)42(38,39)15-12-27(2,13-15)26(36)37)32-23(24-31-8-11-41-24)33-22(18)16-4-5-17(29)20(30)19(16)28/h4-5,8,11,14-15,22H,3,6-7,9-10,12-13H2,1-2H3,(H,32,33)(H,36,37)/t15?,22-,27?/m1/s1. The predicted molar refractivity (Wildman–Crippen MR) is 152 cm³/mol. The summed E-state index contributed by atoms with van der Waals surface area (Å²) in [4.78, 5) is 33.8. The molecule has 10 nitrogen and oxygen atoms in total. The minimum atomic E-state index is -3.72. The van der Waals surface area contributed by atoms with Crippen molar-refractivity contribution in [2.45, 2.75) is 50.8 Å². The number of sulfonamides is 1. The van der Waals surface area contributed by atoms with Crippen LogP contribution < -0.4 is 5.32 Å². The van der Waals surface area contributed by atoms with E-state index in [1.54, 1.807) is 25.4 Å². The summed E-state index contributed by atoms with van der Waals surface area (Å²) in [7, 11) is -3.72. The van der Waals surface area contributed by atoms with Crippen LogP contribution in [0.4, 0.5) is 8.78 Å². The first-order chi connectivity index (χ1) is 19.9. The first kappa shape index (κ1) is 30.5. The molecule has 0 amide bonds. The number of carbonyl (C=O) groups excluding carboxylic acids is 1. The number of aliphatic imine (C=N–C) groups is 1. The number of esters is 1. The van der Waals surface area contributed by atoms with Gasteiger partial charge in [0.15, 0.2) is 22.5 Å². The molecule has 1 saturated carbocycles. The second-order valence-electron chi connectivity index (χ2n) is 10.8. The molecule has 2 aromatic rings. The Hall–Kier alpha value is -2.94. The van der Waals surface area contributed by atoms with Gasteiger partial charge < -0.3 is 15.2 Å².